The summed E-state index contributed by atoms with van der Waals surface area (Å²) >= 11 is 0. The molecule has 0 unspecified atom stereocenters. The second-order valence-electron chi connectivity index (χ2n) is 5.45. The number of ether oxygens (including phenoxy) is 1. The third-order valence-electron chi connectivity index (χ3n) is 3.84. The number of nitrogens with zero attached hydrogens (tertiary/aromatic N) is 1. The zero-order valence-electron chi connectivity index (χ0n) is 12.6. The molecule has 6 nitrogen and oxygen atoms in total. The van der Waals surface area contributed by atoms with Gasteiger partial charge in [0.1, 0.15) is 0 Å². The molecule has 0 saturated carbocycles. The van der Waals surface area contributed by atoms with E-state index in [0.717, 1.165) is 5.56 Å². The Morgan fingerprint density at radius 3 is 2.59 bits per heavy atom. The van der Waals surface area contributed by atoms with Gasteiger partial charge in [-0.15, -0.1) is 0 Å². The Bertz CT molecular complexity index is 683. The van der Waals surface area contributed by atoms with E-state index in [1.165, 1.54) is 11.9 Å². The molecule has 0 bridgehead atoms. The van der Waals surface area contributed by atoms with Crippen LogP contribution in [0.1, 0.15) is 22.3 Å². The molecular formula is C15H19NO5S. The first-order valence-electron chi connectivity index (χ1n) is 6.99. The smallest absolute Gasteiger partial charge is 0.338 e. The van der Waals surface area contributed by atoms with Gasteiger partial charge in [0.25, 0.3) is 5.91 Å². The van der Waals surface area contributed by atoms with Crippen molar-refractivity contribution < 1.29 is 22.7 Å². The number of aryl methyl sites for hydroxylation is 1. The summed E-state index contributed by atoms with van der Waals surface area (Å²) in [7, 11) is -1.52. The molecule has 22 heavy (non-hydrogen) atoms. The van der Waals surface area contributed by atoms with Crippen LogP contribution in [0.25, 0.3) is 0 Å². The first kappa shape index (κ1) is 16.5. The van der Waals surface area contributed by atoms with E-state index in [4.69, 9.17) is 4.74 Å². The molecule has 120 valence electrons. The Morgan fingerprint density at radius 1 is 1.32 bits per heavy atom. The Morgan fingerprint density at radius 2 is 2.00 bits per heavy atom. The third-order valence-corrected chi connectivity index (χ3v) is 5.59. The number of carbonyl (C=O) groups is 2. The normalized spacial score (nSPS) is 19.6. The van der Waals surface area contributed by atoms with Gasteiger partial charge >= 0.3 is 5.97 Å². The van der Waals surface area contributed by atoms with Gasteiger partial charge in [-0.3, -0.25) is 4.79 Å². The molecule has 1 amide bonds. The molecule has 0 spiro atoms. The molecule has 7 heteroatoms. The number of likely N-dealkylation sites (N-methyl/N-ethyl adjacent to an activating group) is 1. The topological polar surface area (TPSA) is 80.8 Å². The number of benzene rings is 1. The van der Waals surface area contributed by atoms with Gasteiger partial charge in [0, 0.05) is 13.1 Å². The van der Waals surface area contributed by atoms with E-state index < -0.39 is 21.7 Å². The molecule has 1 heterocycles. The number of amides is 1. The lowest BCUT2D eigenvalue weighted by atomic mass is 10.1. The number of rotatable bonds is 4. The zero-order chi connectivity index (χ0) is 16.3. The maximum absolute atomic E-state index is 12.0. The number of sulfone groups is 1. The summed E-state index contributed by atoms with van der Waals surface area (Å²) in [5.41, 5.74) is 1.19. The van der Waals surface area contributed by atoms with E-state index in [1.807, 2.05) is 6.07 Å². The number of hydrogen-bond acceptors (Lipinski definition) is 5. The number of hydrogen-bond donors (Lipinski definition) is 0. The summed E-state index contributed by atoms with van der Waals surface area (Å²) in [6, 6.07) is 6.62. The zero-order valence-corrected chi connectivity index (χ0v) is 13.4. The second-order valence-corrected chi connectivity index (χ2v) is 7.68. The van der Waals surface area contributed by atoms with Crippen molar-refractivity contribution in [1.29, 1.82) is 0 Å². The van der Waals surface area contributed by atoms with Crippen LogP contribution in [-0.4, -0.2) is 56.4 Å². The van der Waals surface area contributed by atoms with E-state index in [-0.39, 0.29) is 24.2 Å². The highest BCUT2D eigenvalue weighted by atomic mass is 32.2. The van der Waals surface area contributed by atoms with Crippen LogP contribution in [0.5, 0.6) is 0 Å². The van der Waals surface area contributed by atoms with Crippen molar-refractivity contribution in [3.63, 3.8) is 0 Å². The Balaban J connectivity index is 1.90. The molecule has 1 atom stereocenters. The lowest BCUT2D eigenvalue weighted by Crippen LogP contribution is -2.40. The van der Waals surface area contributed by atoms with Gasteiger partial charge in [0.15, 0.2) is 16.4 Å². The quantitative estimate of drug-likeness (QED) is 0.765. The van der Waals surface area contributed by atoms with Crippen molar-refractivity contribution in [3.05, 3.63) is 35.4 Å². The summed E-state index contributed by atoms with van der Waals surface area (Å²) in [6.45, 7) is 1.40. The first-order valence-corrected chi connectivity index (χ1v) is 8.81. The number of esters is 1. The average molecular weight is 325 g/mol. The molecule has 0 N–H and O–H groups in total. The van der Waals surface area contributed by atoms with Crippen LogP contribution >= 0.6 is 0 Å². The third kappa shape index (κ3) is 3.85. The fourth-order valence-electron chi connectivity index (χ4n) is 2.39. The minimum atomic E-state index is -3.06. The highest BCUT2D eigenvalue weighted by molar-refractivity contribution is 7.91. The summed E-state index contributed by atoms with van der Waals surface area (Å²) in [4.78, 5) is 25.3. The molecule has 1 fully saturated rings. The molecule has 1 aromatic rings. The van der Waals surface area contributed by atoms with Gasteiger partial charge in [-0.25, -0.2) is 13.2 Å². The fourth-order valence-corrected chi connectivity index (χ4v) is 4.17. The molecule has 1 aliphatic heterocycles. The Hall–Kier alpha value is -1.89. The SMILES string of the molecule is Cc1ccccc1C(=O)OCC(=O)N(C)[C@@H]1CCS(=O)(=O)C1. The maximum atomic E-state index is 12.0. The Kier molecular flexibility index (Phi) is 4.85. The summed E-state index contributed by atoms with van der Waals surface area (Å²) in [5, 5.41) is 0. The molecular weight excluding hydrogens is 306 g/mol. The Labute approximate surface area is 130 Å². The lowest BCUT2D eigenvalue weighted by Gasteiger charge is -2.23. The van der Waals surface area contributed by atoms with Crippen molar-refractivity contribution in [2.75, 3.05) is 25.2 Å². The van der Waals surface area contributed by atoms with E-state index >= 15 is 0 Å². The minimum Gasteiger partial charge on any atom is -0.452 e. The predicted molar refractivity (Wildman–Crippen MR) is 81.3 cm³/mol. The van der Waals surface area contributed by atoms with Crippen LogP contribution < -0.4 is 0 Å². The van der Waals surface area contributed by atoms with Crippen LogP contribution in [0.2, 0.25) is 0 Å². The van der Waals surface area contributed by atoms with Crippen molar-refractivity contribution in [3.8, 4) is 0 Å². The first-order chi connectivity index (χ1) is 10.3. The summed E-state index contributed by atoms with van der Waals surface area (Å²) in [5.74, 6) is -0.887. The maximum Gasteiger partial charge on any atom is 0.338 e. The van der Waals surface area contributed by atoms with Crippen molar-refractivity contribution >= 4 is 21.7 Å². The van der Waals surface area contributed by atoms with Crippen LogP contribution in [-0.2, 0) is 19.4 Å². The second kappa shape index (κ2) is 6.48. The highest BCUT2D eigenvalue weighted by Gasteiger charge is 2.32. The van der Waals surface area contributed by atoms with Crippen molar-refractivity contribution in [1.82, 2.24) is 4.90 Å². The molecule has 1 saturated heterocycles. The molecule has 0 aromatic heterocycles. The molecule has 0 radical (unpaired) electrons. The van der Waals surface area contributed by atoms with Gasteiger partial charge in [0.2, 0.25) is 0 Å². The summed E-state index contributed by atoms with van der Waals surface area (Å²) in [6.07, 6.45) is 0.427. The molecule has 1 aromatic carbocycles. The van der Waals surface area contributed by atoms with E-state index in [1.54, 1.807) is 25.1 Å². The molecule has 1 aliphatic rings. The van der Waals surface area contributed by atoms with Crippen LogP contribution in [0.15, 0.2) is 24.3 Å². The standard InChI is InChI=1S/C15H19NO5S/c1-11-5-3-4-6-13(11)15(18)21-9-14(17)16(2)12-7-8-22(19,20)10-12/h3-6,12H,7-10H2,1-2H3/t12-/m1/s1. The monoisotopic (exact) mass is 325 g/mol. The fraction of sp³-hybridized carbons (Fsp3) is 0.467. The van der Waals surface area contributed by atoms with Gasteiger partial charge in [-0.05, 0) is 25.0 Å². The van der Waals surface area contributed by atoms with Gasteiger partial charge in [-0.1, -0.05) is 18.2 Å². The van der Waals surface area contributed by atoms with Crippen molar-refractivity contribution in [2.24, 2.45) is 0 Å². The minimum absolute atomic E-state index is 0.0268. The van der Waals surface area contributed by atoms with Crippen molar-refractivity contribution in [2.45, 2.75) is 19.4 Å². The largest absolute Gasteiger partial charge is 0.452 e. The van der Waals surface area contributed by atoms with Crippen LogP contribution in [0.4, 0.5) is 0 Å². The average Bonchev–Trinajstić information content (AvgIpc) is 2.84. The van der Waals surface area contributed by atoms with Gasteiger partial charge in [0.05, 0.1) is 17.1 Å². The van der Waals surface area contributed by atoms with Gasteiger partial charge < -0.3 is 9.64 Å². The van der Waals surface area contributed by atoms with Crippen LogP contribution in [0, 0.1) is 6.92 Å². The van der Waals surface area contributed by atoms with E-state index in [0.29, 0.717) is 12.0 Å². The molecule has 0 aliphatic carbocycles. The van der Waals surface area contributed by atoms with Crippen LogP contribution in [0.3, 0.4) is 0 Å². The van der Waals surface area contributed by atoms with Gasteiger partial charge in [-0.2, -0.15) is 0 Å². The summed E-state index contributed by atoms with van der Waals surface area (Å²) < 4.78 is 27.9. The molecule has 2 rings (SSSR count). The predicted octanol–water partition coefficient (Wildman–Crippen LogP) is 0.797. The van der Waals surface area contributed by atoms with E-state index in [2.05, 4.69) is 0 Å². The lowest BCUT2D eigenvalue weighted by molar-refractivity contribution is -0.134. The highest BCUT2D eigenvalue weighted by Crippen LogP contribution is 2.16. The number of carbonyl (C=O) groups excluding carboxylic acids is 2. The van der Waals surface area contributed by atoms with E-state index in [9.17, 15) is 18.0 Å².